The first-order valence-corrected chi connectivity index (χ1v) is 23.8. The van der Waals surface area contributed by atoms with Crippen LogP contribution in [0.1, 0.15) is 108 Å². The van der Waals surface area contributed by atoms with Crippen LogP contribution in [0.3, 0.4) is 0 Å². The summed E-state index contributed by atoms with van der Waals surface area (Å²) in [5.74, 6) is -2.98. The number of aromatic hydroxyl groups is 1. The third-order valence-electron chi connectivity index (χ3n) is 14.7. The van der Waals surface area contributed by atoms with Crippen molar-refractivity contribution < 1.29 is 68.6 Å². The van der Waals surface area contributed by atoms with Crippen molar-refractivity contribution in [3.63, 3.8) is 0 Å². The summed E-state index contributed by atoms with van der Waals surface area (Å²) in [4.78, 5) is 31.2. The van der Waals surface area contributed by atoms with Crippen molar-refractivity contribution >= 4 is 17.7 Å². The van der Waals surface area contributed by atoms with Crippen molar-refractivity contribution in [2.24, 2.45) is 17.8 Å². The number of esters is 1. The number of urea groups is 1. The summed E-state index contributed by atoms with van der Waals surface area (Å²) in [7, 11) is 4.68. The zero-order valence-electron chi connectivity index (χ0n) is 41.9. The summed E-state index contributed by atoms with van der Waals surface area (Å²) in [6, 6.07) is 4.26. The van der Waals surface area contributed by atoms with E-state index in [-0.39, 0.29) is 43.9 Å². The Labute approximate surface area is 392 Å². The third kappa shape index (κ3) is 12.3. The van der Waals surface area contributed by atoms with Crippen LogP contribution in [0.15, 0.2) is 24.3 Å². The first-order valence-electron chi connectivity index (χ1n) is 23.8. The van der Waals surface area contributed by atoms with Gasteiger partial charge in [0.1, 0.15) is 40.9 Å². The minimum Gasteiger partial charge on any atom is -0.508 e. The molecule has 18 atom stereocenters. The molecule has 0 aromatic heterocycles. The molecule has 8 N–H and O–H groups in total. The van der Waals surface area contributed by atoms with E-state index in [4.69, 9.17) is 28.4 Å². The fourth-order valence-corrected chi connectivity index (χ4v) is 10.2. The Hall–Kier alpha value is -2.72. The number of nitrogens with one attached hydrogen (secondary N) is 2. The van der Waals surface area contributed by atoms with Gasteiger partial charge in [-0.3, -0.25) is 9.69 Å². The number of rotatable bonds is 12. The lowest BCUT2D eigenvalue weighted by Crippen LogP contribution is -2.70. The second-order valence-electron chi connectivity index (χ2n) is 20.2. The Morgan fingerprint density at radius 1 is 0.955 bits per heavy atom. The zero-order valence-corrected chi connectivity index (χ0v) is 41.9. The molecule has 18 heteroatoms. The van der Waals surface area contributed by atoms with E-state index < -0.39 is 114 Å². The summed E-state index contributed by atoms with van der Waals surface area (Å²) < 4.78 is 38.6. The number of phenolic OH excluding ortho intramolecular Hbond substituents is 1. The number of hydrogen-bond acceptors (Lipinski definition) is 16. The summed E-state index contributed by atoms with van der Waals surface area (Å²) >= 11 is 0. The van der Waals surface area contributed by atoms with Gasteiger partial charge in [0, 0.05) is 51.8 Å². The maximum atomic E-state index is 14.5. The van der Waals surface area contributed by atoms with Crippen LogP contribution < -0.4 is 15.5 Å². The zero-order chi connectivity index (χ0) is 49.7. The molecule has 0 bridgehead atoms. The second-order valence-corrected chi connectivity index (χ2v) is 20.2. The summed E-state index contributed by atoms with van der Waals surface area (Å²) in [6.45, 7) is 20.3. The number of ether oxygens (including phenoxy) is 6. The quantitative estimate of drug-likeness (QED) is 0.111. The van der Waals surface area contributed by atoms with Gasteiger partial charge in [-0.1, -0.05) is 27.7 Å². The van der Waals surface area contributed by atoms with E-state index >= 15 is 0 Å². The molecule has 0 saturated carbocycles. The van der Waals surface area contributed by atoms with Crippen LogP contribution in [-0.4, -0.2) is 178 Å². The van der Waals surface area contributed by atoms with E-state index in [1.54, 1.807) is 81.6 Å². The van der Waals surface area contributed by atoms with Crippen LogP contribution in [-0.2, 0) is 33.2 Å². The van der Waals surface area contributed by atoms with E-state index in [1.807, 2.05) is 13.8 Å². The first-order chi connectivity index (χ1) is 30.7. The van der Waals surface area contributed by atoms with Crippen molar-refractivity contribution in [2.45, 2.75) is 198 Å². The molecule has 0 aliphatic carbocycles. The molecule has 380 valence electrons. The highest BCUT2D eigenvalue weighted by atomic mass is 16.7. The molecule has 0 radical (unpaired) electrons. The fraction of sp³-hybridized carbons (Fsp3) is 0.833. The number of phenols is 1. The largest absolute Gasteiger partial charge is 0.508 e. The van der Waals surface area contributed by atoms with Crippen molar-refractivity contribution in [2.75, 3.05) is 45.7 Å². The number of cyclic esters (lactones) is 1. The molecular formula is C48H84N4O14. The van der Waals surface area contributed by atoms with Crippen LogP contribution in [0.4, 0.5) is 10.5 Å². The molecule has 1 aromatic carbocycles. The smallest absolute Gasteiger partial charge is 0.324 e. The molecule has 3 heterocycles. The van der Waals surface area contributed by atoms with Crippen molar-refractivity contribution in [1.29, 1.82) is 0 Å². The van der Waals surface area contributed by atoms with Crippen LogP contribution >= 0.6 is 0 Å². The van der Waals surface area contributed by atoms with Crippen molar-refractivity contribution in [3.05, 3.63) is 24.3 Å². The summed E-state index contributed by atoms with van der Waals surface area (Å²) in [6.07, 6.45) is -8.65. The topological polar surface area (TPSA) is 241 Å². The SMILES string of the molecule is CCCNC[C@]1(O)[C@H](C)O[C@@H](O[C@H]2[C@H](C)[C@@H](O[C@@H]3O[C@H](C)C[C@H](N(C)C(=O)N(C)c4ccc(O)cc4)[C@H]3O)[C@](C)(O)C[C@@H](C)CN[C@H](C)[C@@H](O)[C@](C)(O)[C@@H](CC)OC(=O)[C@@H]2C)C[C@@]1(C)OC. The average Bonchev–Trinajstić information content (AvgIpc) is 3.26. The standard InChI is InChI=1S/C48H84N4O14/c1-15-21-49-26-48(60)32(8)63-37(24-46(48,10)61-14)65-39-29(5)41(45(9,58)23-27(3)25-50-31(7)40(55)47(11,59)36(16-2)64-42(56)30(39)6)66-43-38(54)35(22-28(4)62-43)52(13)44(57)51(12)33-17-19-34(53)20-18-33/h17-20,27-32,35-41,43,49-50,53-55,58-60H,15-16,21-26H2,1-14H3/t27-,28-,29+,30-,31-,32+,35+,36-,37+,38-,39+,40-,41-,43+,45-,46-,47-,48+/m1/s1. The molecule has 4 rings (SSSR count). The Bertz CT molecular complexity index is 1710. The summed E-state index contributed by atoms with van der Waals surface area (Å²) in [5.41, 5.74) is -5.74. The number of nitrogens with zero attached hydrogens (tertiary/aromatic N) is 2. The fourth-order valence-electron chi connectivity index (χ4n) is 10.2. The summed E-state index contributed by atoms with van der Waals surface area (Å²) in [5, 5.41) is 76.7. The van der Waals surface area contributed by atoms with Gasteiger partial charge in [0.25, 0.3) is 0 Å². The third-order valence-corrected chi connectivity index (χ3v) is 14.7. The monoisotopic (exact) mass is 941 g/mol. The number of aliphatic hydroxyl groups excluding tert-OH is 2. The Morgan fingerprint density at radius 2 is 1.59 bits per heavy atom. The van der Waals surface area contributed by atoms with Gasteiger partial charge in [-0.25, -0.2) is 4.79 Å². The van der Waals surface area contributed by atoms with Crippen molar-refractivity contribution in [1.82, 2.24) is 15.5 Å². The number of carbonyl (C=O) groups excluding carboxylic acids is 2. The molecule has 0 unspecified atom stereocenters. The molecule has 0 spiro atoms. The maximum absolute atomic E-state index is 14.5. The molecular weight excluding hydrogens is 857 g/mol. The lowest BCUT2D eigenvalue weighted by atomic mass is 9.75. The Morgan fingerprint density at radius 3 is 2.18 bits per heavy atom. The normalized spacial score (nSPS) is 42.1. The van der Waals surface area contributed by atoms with Gasteiger partial charge >= 0.3 is 12.0 Å². The minimum absolute atomic E-state index is 0.0345. The first kappa shape index (κ1) is 55.9. The molecule has 3 aliphatic rings. The maximum Gasteiger partial charge on any atom is 0.324 e. The average molecular weight is 941 g/mol. The number of anilines is 1. The van der Waals surface area contributed by atoms with Gasteiger partial charge in [-0.15, -0.1) is 0 Å². The molecule has 18 nitrogen and oxygen atoms in total. The van der Waals surface area contributed by atoms with Crippen LogP contribution in [0.2, 0.25) is 0 Å². The minimum atomic E-state index is -1.87. The highest BCUT2D eigenvalue weighted by molar-refractivity contribution is 5.91. The van der Waals surface area contributed by atoms with E-state index in [0.29, 0.717) is 18.8 Å². The predicted octanol–water partition coefficient (Wildman–Crippen LogP) is 3.26. The molecule has 66 heavy (non-hydrogen) atoms. The van der Waals surface area contributed by atoms with Gasteiger partial charge in [0.05, 0.1) is 42.0 Å². The van der Waals surface area contributed by atoms with Gasteiger partial charge in [0.2, 0.25) is 0 Å². The highest BCUT2D eigenvalue weighted by Gasteiger charge is 2.58. The molecule has 3 aliphatic heterocycles. The van der Waals surface area contributed by atoms with E-state index in [9.17, 15) is 40.2 Å². The second kappa shape index (κ2) is 22.8. The number of amides is 2. The Kier molecular flexibility index (Phi) is 19.3. The van der Waals surface area contributed by atoms with Gasteiger partial charge in [0.15, 0.2) is 12.6 Å². The van der Waals surface area contributed by atoms with Crippen molar-refractivity contribution in [3.8, 4) is 5.75 Å². The Balaban J connectivity index is 1.79. The number of hydrogen-bond donors (Lipinski definition) is 8. The lowest BCUT2D eigenvalue weighted by Gasteiger charge is -2.53. The van der Waals surface area contributed by atoms with Gasteiger partial charge in [-0.05, 0) is 117 Å². The number of carbonyl (C=O) groups is 2. The molecule has 1 aromatic rings. The van der Waals surface area contributed by atoms with E-state index in [0.717, 1.165) is 6.42 Å². The van der Waals surface area contributed by atoms with Crippen LogP contribution in [0.25, 0.3) is 0 Å². The molecule has 3 fully saturated rings. The molecule has 2 amide bonds. The lowest BCUT2D eigenvalue weighted by molar-refractivity contribution is -0.336. The van der Waals surface area contributed by atoms with E-state index in [1.165, 1.54) is 36.0 Å². The van der Waals surface area contributed by atoms with Crippen LogP contribution in [0, 0.1) is 17.8 Å². The van der Waals surface area contributed by atoms with Gasteiger partial charge in [-0.2, -0.15) is 0 Å². The number of aliphatic hydroxyl groups is 5. The van der Waals surface area contributed by atoms with E-state index in [2.05, 4.69) is 10.6 Å². The predicted molar refractivity (Wildman–Crippen MR) is 248 cm³/mol. The van der Waals surface area contributed by atoms with Crippen LogP contribution in [0.5, 0.6) is 5.75 Å². The number of benzene rings is 1. The number of likely N-dealkylation sites (N-methyl/N-ethyl adjacent to an activating group) is 1. The van der Waals surface area contributed by atoms with Gasteiger partial charge < -0.3 is 74.6 Å². The highest BCUT2D eigenvalue weighted by Crippen LogP contribution is 2.43. The number of methoxy groups -OCH3 is 1. The molecule has 3 saturated heterocycles.